The fourth-order valence-corrected chi connectivity index (χ4v) is 2.80. The van der Waals surface area contributed by atoms with Crippen molar-refractivity contribution < 1.29 is 13.9 Å². The molecule has 1 aromatic heterocycles. The van der Waals surface area contributed by atoms with E-state index in [0.29, 0.717) is 24.8 Å². The standard InChI is InChI=1S/C22H31FN4O2/c1-7-28-16(3)20-18(19(24-6)8-9-26-20)13-25-11-17-10-15(2)21(27-12-17)29-14-22(4,5)23/h8-10,12-13,19,24,26H,3,7,11,14H2,1-2,4-6H3. The summed E-state index contributed by atoms with van der Waals surface area (Å²) in [6.07, 6.45) is 7.40. The third-order valence-corrected chi connectivity index (χ3v) is 4.19. The number of pyridine rings is 1. The van der Waals surface area contributed by atoms with Gasteiger partial charge in [-0.3, -0.25) is 4.99 Å². The van der Waals surface area contributed by atoms with E-state index in [1.807, 2.05) is 45.5 Å². The molecular formula is C22H31FN4O2. The van der Waals surface area contributed by atoms with Crippen LogP contribution in [-0.2, 0) is 11.3 Å². The summed E-state index contributed by atoms with van der Waals surface area (Å²) in [6, 6.07) is 1.96. The molecule has 1 aliphatic rings. The number of aromatic nitrogens is 1. The van der Waals surface area contributed by atoms with Crippen molar-refractivity contribution in [3.05, 3.63) is 59.3 Å². The van der Waals surface area contributed by atoms with Gasteiger partial charge in [-0.1, -0.05) is 6.58 Å². The summed E-state index contributed by atoms with van der Waals surface area (Å²) < 4.78 is 24.6. The molecule has 0 spiro atoms. The normalized spacial score (nSPS) is 16.8. The van der Waals surface area contributed by atoms with Crippen molar-refractivity contribution in [1.82, 2.24) is 15.6 Å². The van der Waals surface area contributed by atoms with Crippen LogP contribution in [0.4, 0.5) is 4.39 Å². The Bertz CT molecular complexity index is 810. The highest BCUT2D eigenvalue weighted by atomic mass is 19.1. The molecule has 1 unspecified atom stereocenters. The lowest BCUT2D eigenvalue weighted by Crippen LogP contribution is -2.33. The van der Waals surface area contributed by atoms with Crippen molar-refractivity contribution >= 4 is 6.21 Å². The van der Waals surface area contributed by atoms with Crippen LogP contribution in [0.3, 0.4) is 0 Å². The van der Waals surface area contributed by atoms with E-state index in [1.54, 1.807) is 6.20 Å². The van der Waals surface area contributed by atoms with Gasteiger partial charge in [0.2, 0.25) is 5.88 Å². The van der Waals surface area contributed by atoms with E-state index in [1.165, 1.54) is 13.8 Å². The van der Waals surface area contributed by atoms with Gasteiger partial charge in [0.1, 0.15) is 18.0 Å². The minimum atomic E-state index is -1.40. The molecule has 158 valence electrons. The van der Waals surface area contributed by atoms with Crippen LogP contribution in [0.25, 0.3) is 0 Å². The number of likely N-dealkylation sites (N-methyl/N-ethyl adjacent to an activating group) is 1. The Morgan fingerprint density at radius 3 is 2.86 bits per heavy atom. The summed E-state index contributed by atoms with van der Waals surface area (Å²) in [4.78, 5) is 8.88. The minimum absolute atomic E-state index is 0.00639. The number of hydrogen-bond acceptors (Lipinski definition) is 6. The number of dihydropyridines is 1. The lowest BCUT2D eigenvalue weighted by Gasteiger charge is -2.23. The van der Waals surface area contributed by atoms with Gasteiger partial charge in [-0.05, 0) is 58.6 Å². The third-order valence-electron chi connectivity index (χ3n) is 4.19. The van der Waals surface area contributed by atoms with E-state index < -0.39 is 5.67 Å². The van der Waals surface area contributed by atoms with E-state index in [2.05, 4.69) is 27.2 Å². The van der Waals surface area contributed by atoms with Gasteiger partial charge in [0.25, 0.3) is 0 Å². The maximum atomic E-state index is 13.6. The van der Waals surface area contributed by atoms with Crippen molar-refractivity contribution in [1.29, 1.82) is 0 Å². The van der Waals surface area contributed by atoms with Crippen molar-refractivity contribution in [2.75, 3.05) is 20.3 Å². The molecule has 0 aromatic carbocycles. The van der Waals surface area contributed by atoms with E-state index in [-0.39, 0.29) is 12.6 Å². The summed E-state index contributed by atoms with van der Waals surface area (Å²) >= 11 is 0. The fraction of sp³-hybridized carbons (Fsp3) is 0.455. The van der Waals surface area contributed by atoms with Crippen molar-refractivity contribution in [3.63, 3.8) is 0 Å². The Hall–Kier alpha value is -2.67. The number of halogens is 1. The predicted octanol–water partition coefficient (Wildman–Crippen LogP) is 3.60. The molecule has 7 heteroatoms. The van der Waals surface area contributed by atoms with Gasteiger partial charge in [0.05, 0.1) is 24.9 Å². The molecule has 0 amide bonds. The first-order valence-electron chi connectivity index (χ1n) is 9.69. The molecule has 0 radical (unpaired) electrons. The van der Waals surface area contributed by atoms with E-state index in [9.17, 15) is 4.39 Å². The first kappa shape index (κ1) is 22.6. The highest BCUT2D eigenvalue weighted by Gasteiger charge is 2.19. The minimum Gasteiger partial charge on any atom is -0.492 e. The topological polar surface area (TPSA) is 67.8 Å². The molecule has 1 atom stereocenters. The molecule has 1 aliphatic heterocycles. The largest absolute Gasteiger partial charge is 0.492 e. The molecule has 2 N–H and O–H groups in total. The average molecular weight is 403 g/mol. The predicted molar refractivity (Wildman–Crippen MR) is 115 cm³/mol. The highest BCUT2D eigenvalue weighted by Crippen LogP contribution is 2.20. The number of aliphatic imine (C=N–C) groups is 1. The molecule has 0 saturated heterocycles. The molecule has 0 aliphatic carbocycles. The lowest BCUT2D eigenvalue weighted by molar-refractivity contribution is 0.117. The Morgan fingerprint density at radius 1 is 1.48 bits per heavy atom. The van der Waals surface area contributed by atoms with Crippen LogP contribution in [0.5, 0.6) is 5.88 Å². The number of nitrogens with one attached hydrogen (secondary N) is 2. The Balaban J connectivity index is 2.12. The van der Waals surface area contributed by atoms with Crippen molar-refractivity contribution in [3.8, 4) is 5.88 Å². The number of nitrogens with zero attached hydrogens (tertiary/aromatic N) is 2. The number of ether oxygens (including phenoxy) is 2. The van der Waals surface area contributed by atoms with Gasteiger partial charge in [-0.25, -0.2) is 9.37 Å². The molecule has 0 saturated carbocycles. The summed E-state index contributed by atoms with van der Waals surface area (Å²) in [5.74, 6) is 1.02. The van der Waals surface area contributed by atoms with Crippen LogP contribution in [0.1, 0.15) is 31.9 Å². The maximum Gasteiger partial charge on any atom is 0.216 e. The quantitative estimate of drug-likeness (QED) is 0.462. The second kappa shape index (κ2) is 10.2. The third kappa shape index (κ3) is 6.71. The lowest BCUT2D eigenvalue weighted by atomic mass is 10.0. The smallest absolute Gasteiger partial charge is 0.216 e. The number of hydrogen-bond donors (Lipinski definition) is 2. The zero-order valence-corrected chi connectivity index (χ0v) is 17.9. The van der Waals surface area contributed by atoms with Gasteiger partial charge in [-0.2, -0.15) is 0 Å². The average Bonchev–Trinajstić information content (AvgIpc) is 2.66. The van der Waals surface area contributed by atoms with Gasteiger partial charge in [0, 0.05) is 23.5 Å². The van der Waals surface area contributed by atoms with Gasteiger partial charge < -0.3 is 20.1 Å². The molecule has 0 fully saturated rings. The zero-order chi connectivity index (χ0) is 21.4. The molecule has 2 heterocycles. The summed E-state index contributed by atoms with van der Waals surface area (Å²) in [6.45, 7) is 11.7. The van der Waals surface area contributed by atoms with Crippen LogP contribution in [0.15, 0.2) is 53.1 Å². The first-order chi connectivity index (χ1) is 13.7. The second-order valence-electron chi connectivity index (χ2n) is 7.40. The Labute approximate surface area is 172 Å². The summed E-state index contributed by atoms with van der Waals surface area (Å²) in [7, 11) is 1.89. The summed E-state index contributed by atoms with van der Waals surface area (Å²) in [5.41, 5.74) is 2.15. The fourth-order valence-electron chi connectivity index (χ4n) is 2.80. The zero-order valence-electron chi connectivity index (χ0n) is 17.9. The number of alkyl halides is 1. The van der Waals surface area contributed by atoms with Crippen LogP contribution in [-0.4, -0.2) is 43.2 Å². The van der Waals surface area contributed by atoms with E-state index in [0.717, 1.165) is 22.4 Å². The molecule has 2 rings (SSSR count). The molecule has 6 nitrogen and oxygen atoms in total. The summed E-state index contributed by atoms with van der Waals surface area (Å²) in [5, 5.41) is 6.43. The van der Waals surface area contributed by atoms with Crippen LogP contribution in [0.2, 0.25) is 0 Å². The van der Waals surface area contributed by atoms with Crippen LogP contribution in [0, 0.1) is 6.92 Å². The molecule has 29 heavy (non-hydrogen) atoms. The Morgan fingerprint density at radius 2 is 2.24 bits per heavy atom. The monoisotopic (exact) mass is 402 g/mol. The van der Waals surface area contributed by atoms with Gasteiger partial charge >= 0.3 is 0 Å². The highest BCUT2D eigenvalue weighted by molar-refractivity contribution is 5.83. The second-order valence-corrected chi connectivity index (χ2v) is 7.40. The molecule has 0 bridgehead atoms. The van der Waals surface area contributed by atoms with E-state index in [4.69, 9.17) is 9.47 Å². The molecule has 1 aromatic rings. The number of rotatable bonds is 10. The van der Waals surface area contributed by atoms with Crippen LogP contribution < -0.4 is 15.4 Å². The molecular weight excluding hydrogens is 371 g/mol. The van der Waals surface area contributed by atoms with Crippen molar-refractivity contribution in [2.45, 2.75) is 46.0 Å². The van der Waals surface area contributed by atoms with Crippen LogP contribution >= 0.6 is 0 Å². The SMILES string of the molecule is C=C(OCC)C1=C(C=NCc2cnc(OCC(C)(C)F)c(C)c2)C(NC)C=CN1. The van der Waals surface area contributed by atoms with Gasteiger partial charge in [0.15, 0.2) is 0 Å². The number of aryl methyl sites for hydroxylation is 1. The maximum absolute atomic E-state index is 13.6. The first-order valence-corrected chi connectivity index (χ1v) is 9.69. The van der Waals surface area contributed by atoms with Crippen molar-refractivity contribution in [2.24, 2.45) is 4.99 Å². The van der Waals surface area contributed by atoms with E-state index >= 15 is 0 Å². The Kier molecular flexibility index (Phi) is 7.96. The van der Waals surface area contributed by atoms with Gasteiger partial charge in [-0.15, -0.1) is 0 Å².